The van der Waals surface area contributed by atoms with Crippen molar-refractivity contribution in [2.45, 2.75) is 12.8 Å². The summed E-state index contributed by atoms with van der Waals surface area (Å²) in [6.45, 7) is 1.05. The van der Waals surface area contributed by atoms with Crippen LogP contribution in [0.5, 0.6) is 11.5 Å². The van der Waals surface area contributed by atoms with E-state index in [1.807, 2.05) is 12.1 Å². The number of hydrogen-bond donors (Lipinski definition) is 0. The number of ether oxygens (including phenoxy) is 2. The van der Waals surface area contributed by atoms with E-state index in [1.165, 1.54) is 0 Å². The van der Waals surface area contributed by atoms with Gasteiger partial charge in [0, 0.05) is 24.6 Å². The highest BCUT2D eigenvalue weighted by Crippen LogP contribution is 2.25. The highest BCUT2D eigenvalue weighted by Gasteiger charge is 2.28. The Balaban J connectivity index is 1.49. The van der Waals surface area contributed by atoms with Gasteiger partial charge in [-0.25, -0.2) is 0 Å². The Hall–Kier alpha value is -2.53. The van der Waals surface area contributed by atoms with Crippen LogP contribution in [0.4, 0.5) is 0 Å². The van der Waals surface area contributed by atoms with Crippen LogP contribution in [0, 0.1) is 5.92 Å². The van der Waals surface area contributed by atoms with Crippen molar-refractivity contribution in [1.82, 2.24) is 4.90 Å². The number of Topliss-reactive ketones (excluding diaryl/α,β-unsaturated/α-hetero) is 1. The van der Waals surface area contributed by atoms with Crippen LogP contribution in [0.2, 0.25) is 5.02 Å². The Morgan fingerprint density at radius 2 is 1.74 bits per heavy atom. The van der Waals surface area contributed by atoms with Gasteiger partial charge in [0.1, 0.15) is 11.5 Å². The molecule has 0 aliphatic carbocycles. The van der Waals surface area contributed by atoms with Crippen molar-refractivity contribution in [2.75, 3.05) is 26.8 Å². The summed E-state index contributed by atoms with van der Waals surface area (Å²) in [6.07, 6.45) is 1.31. The molecule has 3 rings (SSSR count). The standard InChI is InChI=1S/C21H22ClNO4/c1-26-17-8-6-15(7-9-17)21(25)16-10-12-23(13-11-16)20(24)14-27-19-5-3-2-4-18(19)22/h2-9,16H,10-14H2,1H3. The van der Waals surface area contributed by atoms with Crippen molar-refractivity contribution in [2.24, 2.45) is 5.92 Å². The number of likely N-dealkylation sites (tertiary alicyclic amines) is 1. The lowest BCUT2D eigenvalue weighted by Crippen LogP contribution is -2.42. The second-order valence-corrected chi connectivity index (χ2v) is 6.87. The maximum absolute atomic E-state index is 12.6. The zero-order valence-electron chi connectivity index (χ0n) is 15.2. The minimum absolute atomic E-state index is 0.0547. The van der Waals surface area contributed by atoms with Crippen LogP contribution in [-0.2, 0) is 4.79 Å². The summed E-state index contributed by atoms with van der Waals surface area (Å²) in [6, 6.07) is 14.2. The van der Waals surface area contributed by atoms with Gasteiger partial charge < -0.3 is 14.4 Å². The quantitative estimate of drug-likeness (QED) is 0.706. The van der Waals surface area contributed by atoms with Gasteiger partial charge in [0.15, 0.2) is 12.4 Å². The zero-order chi connectivity index (χ0) is 19.2. The van der Waals surface area contributed by atoms with Crippen LogP contribution in [0.1, 0.15) is 23.2 Å². The number of hydrogen-bond acceptors (Lipinski definition) is 4. The fourth-order valence-electron chi connectivity index (χ4n) is 3.17. The summed E-state index contributed by atoms with van der Waals surface area (Å²) in [5.74, 6) is 1.19. The second kappa shape index (κ2) is 8.91. The lowest BCUT2D eigenvalue weighted by Gasteiger charge is -2.31. The molecule has 27 heavy (non-hydrogen) atoms. The van der Waals surface area contributed by atoms with Gasteiger partial charge >= 0.3 is 0 Å². The van der Waals surface area contributed by atoms with E-state index in [9.17, 15) is 9.59 Å². The first-order valence-corrected chi connectivity index (χ1v) is 9.29. The van der Waals surface area contributed by atoms with Crippen LogP contribution in [0.3, 0.4) is 0 Å². The van der Waals surface area contributed by atoms with E-state index in [4.69, 9.17) is 21.1 Å². The van der Waals surface area contributed by atoms with E-state index in [1.54, 1.807) is 48.4 Å². The molecule has 5 nitrogen and oxygen atoms in total. The van der Waals surface area contributed by atoms with Crippen molar-refractivity contribution in [3.05, 3.63) is 59.1 Å². The summed E-state index contributed by atoms with van der Waals surface area (Å²) in [7, 11) is 1.60. The first-order valence-electron chi connectivity index (χ1n) is 8.92. The Morgan fingerprint density at radius 3 is 2.37 bits per heavy atom. The number of ketones is 1. The molecule has 0 atom stereocenters. The number of halogens is 1. The fraction of sp³-hybridized carbons (Fsp3) is 0.333. The van der Waals surface area contributed by atoms with E-state index in [-0.39, 0.29) is 24.2 Å². The van der Waals surface area contributed by atoms with Gasteiger partial charge in [-0.05, 0) is 49.2 Å². The minimum atomic E-state index is -0.0923. The third-order valence-electron chi connectivity index (χ3n) is 4.78. The topological polar surface area (TPSA) is 55.8 Å². The molecule has 0 aromatic heterocycles. The first-order chi connectivity index (χ1) is 13.1. The summed E-state index contributed by atoms with van der Waals surface area (Å²) in [4.78, 5) is 26.7. The molecule has 142 valence electrons. The number of amides is 1. The summed E-state index contributed by atoms with van der Waals surface area (Å²) in [5, 5.41) is 0.481. The monoisotopic (exact) mass is 387 g/mol. The Morgan fingerprint density at radius 1 is 1.07 bits per heavy atom. The molecule has 1 aliphatic rings. The van der Waals surface area contributed by atoms with Crippen LogP contribution in [0.15, 0.2) is 48.5 Å². The summed E-state index contributed by atoms with van der Waals surface area (Å²) < 4.78 is 10.6. The molecule has 6 heteroatoms. The van der Waals surface area contributed by atoms with Crippen molar-refractivity contribution in [3.63, 3.8) is 0 Å². The van der Waals surface area contributed by atoms with Gasteiger partial charge in [-0.3, -0.25) is 9.59 Å². The van der Waals surface area contributed by atoms with Gasteiger partial charge in [0.05, 0.1) is 12.1 Å². The molecule has 0 unspecified atom stereocenters. The molecule has 1 amide bonds. The van der Waals surface area contributed by atoms with Crippen LogP contribution >= 0.6 is 11.6 Å². The fourth-order valence-corrected chi connectivity index (χ4v) is 3.36. The lowest BCUT2D eigenvalue weighted by atomic mass is 9.89. The largest absolute Gasteiger partial charge is 0.497 e. The van der Waals surface area contributed by atoms with Crippen molar-refractivity contribution in [1.29, 1.82) is 0 Å². The third kappa shape index (κ3) is 4.80. The van der Waals surface area contributed by atoms with Crippen LogP contribution in [-0.4, -0.2) is 43.4 Å². The Kier molecular flexibility index (Phi) is 6.35. The molecule has 0 spiro atoms. The van der Waals surface area contributed by atoms with Gasteiger partial charge in [-0.15, -0.1) is 0 Å². The summed E-state index contributed by atoms with van der Waals surface area (Å²) in [5.41, 5.74) is 0.683. The van der Waals surface area contributed by atoms with E-state index in [0.717, 1.165) is 5.75 Å². The normalized spacial score (nSPS) is 14.7. The average Bonchev–Trinajstić information content (AvgIpc) is 2.72. The molecule has 2 aromatic carbocycles. The van der Waals surface area contributed by atoms with Gasteiger partial charge in [0.25, 0.3) is 5.91 Å². The smallest absolute Gasteiger partial charge is 0.260 e. The molecule has 0 saturated carbocycles. The van der Waals surface area contributed by atoms with Crippen LogP contribution in [0.25, 0.3) is 0 Å². The molecule has 1 heterocycles. The number of para-hydroxylation sites is 1. The maximum atomic E-state index is 12.6. The van der Waals surface area contributed by atoms with E-state index in [2.05, 4.69) is 0 Å². The molecule has 1 fully saturated rings. The number of benzene rings is 2. The first kappa shape index (κ1) is 19.2. The second-order valence-electron chi connectivity index (χ2n) is 6.47. The Labute approximate surface area is 163 Å². The number of rotatable bonds is 6. The molecule has 0 bridgehead atoms. The van der Waals surface area contributed by atoms with Crippen LogP contribution < -0.4 is 9.47 Å². The lowest BCUT2D eigenvalue weighted by molar-refractivity contribution is -0.134. The minimum Gasteiger partial charge on any atom is -0.497 e. The van der Waals surface area contributed by atoms with Gasteiger partial charge in [-0.1, -0.05) is 23.7 Å². The average molecular weight is 388 g/mol. The van der Waals surface area contributed by atoms with E-state index < -0.39 is 0 Å². The molecular weight excluding hydrogens is 366 g/mol. The molecule has 2 aromatic rings. The van der Waals surface area contributed by atoms with E-state index in [0.29, 0.717) is 42.3 Å². The number of nitrogens with zero attached hydrogens (tertiary/aromatic N) is 1. The van der Waals surface area contributed by atoms with Crippen molar-refractivity contribution < 1.29 is 19.1 Å². The van der Waals surface area contributed by atoms with E-state index >= 15 is 0 Å². The van der Waals surface area contributed by atoms with Gasteiger partial charge in [-0.2, -0.15) is 0 Å². The molecule has 0 N–H and O–H groups in total. The van der Waals surface area contributed by atoms with Crippen molar-refractivity contribution >= 4 is 23.3 Å². The molecule has 1 saturated heterocycles. The summed E-state index contributed by atoms with van der Waals surface area (Å²) >= 11 is 6.03. The number of methoxy groups -OCH3 is 1. The van der Waals surface area contributed by atoms with Crippen molar-refractivity contribution in [3.8, 4) is 11.5 Å². The SMILES string of the molecule is COc1ccc(C(=O)C2CCN(C(=O)COc3ccccc3Cl)CC2)cc1. The number of carbonyl (C=O) groups excluding carboxylic acids is 2. The third-order valence-corrected chi connectivity index (χ3v) is 5.09. The predicted octanol–water partition coefficient (Wildman–Crippen LogP) is 3.85. The number of piperidine rings is 1. The highest BCUT2D eigenvalue weighted by atomic mass is 35.5. The zero-order valence-corrected chi connectivity index (χ0v) is 15.9. The predicted molar refractivity (Wildman–Crippen MR) is 104 cm³/mol. The Bertz CT molecular complexity index is 798. The molecular formula is C21H22ClNO4. The van der Waals surface area contributed by atoms with Gasteiger partial charge in [0.2, 0.25) is 0 Å². The molecule has 0 radical (unpaired) electrons. The highest BCUT2D eigenvalue weighted by molar-refractivity contribution is 6.32. The maximum Gasteiger partial charge on any atom is 0.260 e. The molecule has 1 aliphatic heterocycles. The number of carbonyl (C=O) groups is 2.